The lowest BCUT2D eigenvalue weighted by molar-refractivity contribution is 0.264. The molecule has 1 N–H and O–H groups in total. The monoisotopic (exact) mass is 320 g/mol. The van der Waals surface area contributed by atoms with E-state index >= 15 is 0 Å². The fourth-order valence-corrected chi connectivity index (χ4v) is 3.02. The minimum absolute atomic E-state index is 0.177. The van der Waals surface area contributed by atoms with E-state index in [2.05, 4.69) is 27.0 Å². The highest BCUT2D eigenvalue weighted by Gasteiger charge is 2.20. The Balaban J connectivity index is 1.98. The molecule has 1 aromatic rings. The Labute approximate surface area is 139 Å². The van der Waals surface area contributed by atoms with Crippen LogP contribution >= 0.6 is 0 Å². The molecule has 1 fully saturated rings. The first-order valence-corrected chi connectivity index (χ1v) is 8.38. The number of aliphatic imine (C=N–C) groups is 1. The first kappa shape index (κ1) is 17.7. The number of halogens is 1. The van der Waals surface area contributed by atoms with Crippen molar-refractivity contribution in [1.82, 2.24) is 15.1 Å². The zero-order valence-electron chi connectivity index (χ0n) is 14.7. The Bertz CT molecular complexity index is 504. The van der Waals surface area contributed by atoms with Crippen LogP contribution in [-0.2, 0) is 0 Å². The molecule has 128 valence electrons. The Morgan fingerprint density at radius 1 is 1.30 bits per heavy atom. The van der Waals surface area contributed by atoms with Crippen LogP contribution in [0.25, 0.3) is 0 Å². The number of benzene rings is 1. The second kappa shape index (κ2) is 8.29. The number of guanidine groups is 1. The van der Waals surface area contributed by atoms with Gasteiger partial charge in [-0.25, -0.2) is 4.39 Å². The summed E-state index contributed by atoms with van der Waals surface area (Å²) in [4.78, 5) is 8.90. The molecule has 0 bridgehead atoms. The summed E-state index contributed by atoms with van der Waals surface area (Å²) in [5, 5.41) is 3.49. The van der Waals surface area contributed by atoms with Crippen LogP contribution in [0, 0.1) is 11.7 Å². The van der Waals surface area contributed by atoms with Gasteiger partial charge in [0.05, 0.1) is 6.04 Å². The van der Waals surface area contributed by atoms with Crippen LogP contribution in [0.1, 0.15) is 31.4 Å². The van der Waals surface area contributed by atoms with Crippen LogP contribution in [0.4, 0.5) is 4.39 Å². The molecule has 0 aliphatic carbocycles. The Morgan fingerprint density at radius 3 is 2.43 bits per heavy atom. The fourth-order valence-electron chi connectivity index (χ4n) is 3.02. The molecular formula is C18H29FN4. The topological polar surface area (TPSA) is 30.9 Å². The fraction of sp³-hybridized carbons (Fsp3) is 0.611. The molecule has 0 aromatic heterocycles. The number of nitrogens with zero attached hydrogens (tertiary/aromatic N) is 3. The summed E-state index contributed by atoms with van der Waals surface area (Å²) < 4.78 is 13.1. The van der Waals surface area contributed by atoms with E-state index < -0.39 is 0 Å². The first-order chi connectivity index (χ1) is 11.0. The van der Waals surface area contributed by atoms with Gasteiger partial charge in [-0.15, -0.1) is 0 Å². The maximum Gasteiger partial charge on any atom is 0.193 e. The van der Waals surface area contributed by atoms with Crippen LogP contribution in [0.15, 0.2) is 29.3 Å². The van der Waals surface area contributed by atoms with Crippen molar-refractivity contribution < 1.29 is 4.39 Å². The normalized spacial score (nSPS) is 18.3. The average Bonchev–Trinajstić information content (AvgIpc) is 2.54. The molecule has 0 saturated carbocycles. The lowest BCUT2D eigenvalue weighted by Gasteiger charge is -2.34. The summed E-state index contributed by atoms with van der Waals surface area (Å²) in [6.45, 7) is 5.18. The van der Waals surface area contributed by atoms with Gasteiger partial charge in [0, 0.05) is 26.7 Å². The number of hydrogen-bond acceptors (Lipinski definition) is 2. The van der Waals surface area contributed by atoms with E-state index in [9.17, 15) is 4.39 Å². The zero-order valence-corrected chi connectivity index (χ0v) is 14.7. The van der Waals surface area contributed by atoms with Gasteiger partial charge in [0.2, 0.25) is 0 Å². The average molecular weight is 320 g/mol. The quantitative estimate of drug-likeness (QED) is 0.683. The van der Waals surface area contributed by atoms with E-state index in [1.54, 1.807) is 0 Å². The van der Waals surface area contributed by atoms with Gasteiger partial charge in [-0.1, -0.05) is 19.1 Å². The smallest absolute Gasteiger partial charge is 0.193 e. The molecule has 1 unspecified atom stereocenters. The third-order valence-corrected chi connectivity index (χ3v) is 4.63. The standard InChI is InChI=1S/C18H29FN4/c1-14-9-11-23(12-10-14)18(20-2)21-13-17(22(3)4)15-5-7-16(19)8-6-15/h5-8,14,17H,9-13H2,1-4H3,(H,20,21). The molecule has 1 heterocycles. The third kappa shape index (κ3) is 4.93. The van der Waals surface area contributed by atoms with Gasteiger partial charge >= 0.3 is 0 Å². The number of piperidine rings is 1. The molecule has 4 nitrogen and oxygen atoms in total. The molecule has 23 heavy (non-hydrogen) atoms. The van der Waals surface area contributed by atoms with Gasteiger partial charge in [-0.05, 0) is 50.6 Å². The lowest BCUT2D eigenvalue weighted by Crippen LogP contribution is -2.47. The minimum atomic E-state index is -0.197. The highest BCUT2D eigenvalue weighted by molar-refractivity contribution is 5.80. The van der Waals surface area contributed by atoms with Crippen molar-refractivity contribution in [2.45, 2.75) is 25.8 Å². The Kier molecular flexibility index (Phi) is 6.39. The minimum Gasteiger partial charge on any atom is -0.354 e. The maximum atomic E-state index is 13.1. The van der Waals surface area contributed by atoms with Gasteiger partial charge in [0.15, 0.2) is 5.96 Å². The highest BCUT2D eigenvalue weighted by atomic mass is 19.1. The van der Waals surface area contributed by atoms with Crippen molar-refractivity contribution in [2.75, 3.05) is 40.8 Å². The van der Waals surface area contributed by atoms with Crippen molar-refractivity contribution in [2.24, 2.45) is 10.9 Å². The van der Waals surface area contributed by atoms with E-state index in [4.69, 9.17) is 0 Å². The van der Waals surface area contributed by atoms with Crippen LogP contribution in [-0.4, -0.2) is 56.5 Å². The summed E-state index contributed by atoms with van der Waals surface area (Å²) in [7, 11) is 5.92. The van der Waals surface area contributed by atoms with Crippen molar-refractivity contribution in [1.29, 1.82) is 0 Å². The first-order valence-electron chi connectivity index (χ1n) is 8.38. The summed E-state index contributed by atoms with van der Waals surface area (Å²) in [5.74, 6) is 1.57. The summed E-state index contributed by atoms with van der Waals surface area (Å²) in [5.41, 5.74) is 1.10. The van der Waals surface area contributed by atoms with Crippen LogP contribution in [0.3, 0.4) is 0 Å². The number of rotatable bonds is 4. The second-order valence-electron chi connectivity index (χ2n) is 6.63. The summed E-state index contributed by atoms with van der Waals surface area (Å²) >= 11 is 0. The molecule has 0 radical (unpaired) electrons. The van der Waals surface area contributed by atoms with Crippen molar-refractivity contribution in [3.8, 4) is 0 Å². The third-order valence-electron chi connectivity index (χ3n) is 4.63. The molecule has 0 spiro atoms. The molecule has 2 rings (SSSR count). The number of nitrogens with one attached hydrogen (secondary N) is 1. The van der Waals surface area contributed by atoms with Gasteiger partial charge in [0.1, 0.15) is 5.82 Å². The molecule has 5 heteroatoms. The van der Waals surface area contributed by atoms with Crippen molar-refractivity contribution in [3.05, 3.63) is 35.6 Å². The predicted molar refractivity (Wildman–Crippen MR) is 94.2 cm³/mol. The molecular weight excluding hydrogens is 291 g/mol. The Hall–Kier alpha value is -1.62. The maximum absolute atomic E-state index is 13.1. The van der Waals surface area contributed by atoms with E-state index in [1.807, 2.05) is 33.3 Å². The summed E-state index contributed by atoms with van der Waals surface area (Å²) in [6.07, 6.45) is 2.44. The van der Waals surface area contributed by atoms with Gasteiger partial charge in [-0.2, -0.15) is 0 Å². The Morgan fingerprint density at radius 2 is 1.91 bits per heavy atom. The number of likely N-dealkylation sites (N-methyl/N-ethyl adjacent to an activating group) is 1. The van der Waals surface area contributed by atoms with Gasteiger partial charge in [0.25, 0.3) is 0 Å². The predicted octanol–water partition coefficient (Wildman–Crippen LogP) is 2.74. The van der Waals surface area contributed by atoms with Gasteiger partial charge in [-0.3, -0.25) is 4.99 Å². The largest absolute Gasteiger partial charge is 0.354 e. The lowest BCUT2D eigenvalue weighted by atomic mass is 9.99. The summed E-state index contributed by atoms with van der Waals surface area (Å²) in [6, 6.07) is 6.93. The molecule has 1 saturated heterocycles. The molecule has 0 amide bonds. The second-order valence-corrected chi connectivity index (χ2v) is 6.63. The van der Waals surface area contributed by atoms with Crippen LogP contribution in [0.5, 0.6) is 0 Å². The van der Waals surface area contributed by atoms with Crippen molar-refractivity contribution >= 4 is 5.96 Å². The molecule has 1 aliphatic rings. The molecule has 1 atom stereocenters. The number of likely N-dealkylation sites (tertiary alicyclic amines) is 1. The van der Waals surface area contributed by atoms with Crippen LogP contribution in [0.2, 0.25) is 0 Å². The van der Waals surface area contributed by atoms with E-state index in [0.717, 1.165) is 37.1 Å². The highest BCUT2D eigenvalue weighted by Crippen LogP contribution is 2.19. The van der Waals surface area contributed by atoms with E-state index in [-0.39, 0.29) is 11.9 Å². The van der Waals surface area contributed by atoms with E-state index in [1.165, 1.54) is 25.0 Å². The van der Waals surface area contributed by atoms with Crippen molar-refractivity contribution in [3.63, 3.8) is 0 Å². The molecule has 1 aromatic carbocycles. The van der Waals surface area contributed by atoms with Crippen LogP contribution < -0.4 is 5.32 Å². The van der Waals surface area contributed by atoms with Gasteiger partial charge < -0.3 is 15.1 Å². The molecule has 1 aliphatic heterocycles. The SMILES string of the molecule is CN=C(NCC(c1ccc(F)cc1)N(C)C)N1CCC(C)CC1. The van der Waals surface area contributed by atoms with E-state index in [0.29, 0.717) is 0 Å². The zero-order chi connectivity index (χ0) is 16.8. The number of hydrogen-bond donors (Lipinski definition) is 1.